The molecule has 9 nitrogen and oxygen atoms in total. The SMILES string of the molecule is CCOC(=O)N1CCN(C(=O)CN(c2ccccc2F)S(=O)(=O)c2ccc(OC)cc2)CC1. The number of ether oxygens (including phenoxy) is 2. The third-order valence-corrected chi connectivity index (χ3v) is 6.98. The second-order valence-corrected chi connectivity index (χ2v) is 9.07. The molecule has 0 radical (unpaired) electrons. The van der Waals surface area contributed by atoms with Crippen molar-refractivity contribution < 1.29 is 31.9 Å². The van der Waals surface area contributed by atoms with Gasteiger partial charge in [0.2, 0.25) is 5.91 Å². The predicted molar refractivity (Wildman–Crippen MR) is 119 cm³/mol. The van der Waals surface area contributed by atoms with E-state index >= 15 is 0 Å². The Balaban J connectivity index is 1.83. The van der Waals surface area contributed by atoms with Crippen LogP contribution in [0.5, 0.6) is 5.75 Å². The maximum absolute atomic E-state index is 14.6. The Bertz CT molecular complexity index is 1090. The van der Waals surface area contributed by atoms with Gasteiger partial charge in [-0.05, 0) is 43.3 Å². The summed E-state index contributed by atoms with van der Waals surface area (Å²) in [6.07, 6.45) is -0.459. The molecule has 0 unspecified atom stereocenters. The standard InChI is InChI=1S/C22H26FN3O6S/c1-3-32-22(28)25-14-12-24(13-15-25)21(27)16-26(20-7-5-4-6-19(20)23)33(29,30)18-10-8-17(31-2)9-11-18/h4-11H,3,12-16H2,1-2H3. The van der Waals surface area contributed by atoms with Crippen LogP contribution in [-0.2, 0) is 19.6 Å². The first kappa shape index (κ1) is 24.3. The summed E-state index contributed by atoms with van der Waals surface area (Å²) < 4.78 is 52.2. The van der Waals surface area contributed by atoms with Crippen molar-refractivity contribution in [2.24, 2.45) is 0 Å². The lowest BCUT2D eigenvalue weighted by molar-refractivity contribution is -0.131. The summed E-state index contributed by atoms with van der Waals surface area (Å²) >= 11 is 0. The van der Waals surface area contributed by atoms with Gasteiger partial charge in [-0.25, -0.2) is 17.6 Å². The van der Waals surface area contributed by atoms with Crippen molar-refractivity contribution in [3.05, 3.63) is 54.3 Å². The second-order valence-electron chi connectivity index (χ2n) is 7.21. The fraction of sp³-hybridized carbons (Fsp3) is 0.364. The normalized spacial score (nSPS) is 14.0. The molecule has 2 aromatic carbocycles. The second kappa shape index (κ2) is 10.5. The van der Waals surface area contributed by atoms with E-state index in [1.54, 1.807) is 6.92 Å². The van der Waals surface area contributed by atoms with Crippen LogP contribution in [0.2, 0.25) is 0 Å². The Morgan fingerprint density at radius 1 is 1.00 bits per heavy atom. The van der Waals surface area contributed by atoms with Crippen molar-refractivity contribution in [3.8, 4) is 5.75 Å². The molecule has 0 saturated carbocycles. The van der Waals surface area contributed by atoms with Crippen molar-refractivity contribution >= 4 is 27.7 Å². The number of rotatable bonds is 7. The van der Waals surface area contributed by atoms with Crippen molar-refractivity contribution in [3.63, 3.8) is 0 Å². The first-order chi connectivity index (χ1) is 15.8. The van der Waals surface area contributed by atoms with Gasteiger partial charge in [0.25, 0.3) is 10.0 Å². The van der Waals surface area contributed by atoms with Crippen LogP contribution in [0.1, 0.15) is 6.92 Å². The molecule has 2 amide bonds. The molecule has 1 fully saturated rings. The Kier molecular flexibility index (Phi) is 7.75. The van der Waals surface area contributed by atoms with Gasteiger partial charge in [-0.15, -0.1) is 0 Å². The van der Waals surface area contributed by atoms with E-state index in [2.05, 4.69) is 0 Å². The summed E-state index contributed by atoms with van der Waals surface area (Å²) in [4.78, 5) is 27.7. The summed E-state index contributed by atoms with van der Waals surface area (Å²) in [5.41, 5.74) is -0.230. The van der Waals surface area contributed by atoms with E-state index < -0.39 is 34.4 Å². The molecule has 11 heteroatoms. The zero-order valence-corrected chi connectivity index (χ0v) is 19.3. The quantitative estimate of drug-likeness (QED) is 0.605. The van der Waals surface area contributed by atoms with E-state index in [-0.39, 0.29) is 43.4 Å². The number of carbonyl (C=O) groups is 2. The average Bonchev–Trinajstić information content (AvgIpc) is 2.83. The van der Waals surface area contributed by atoms with Crippen molar-refractivity contribution in [1.82, 2.24) is 9.80 Å². The Morgan fingerprint density at radius 3 is 2.18 bits per heavy atom. The lowest BCUT2D eigenvalue weighted by Crippen LogP contribution is -2.53. The van der Waals surface area contributed by atoms with E-state index in [9.17, 15) is 22.4 Å². The first-order valence-electron chi connectivity index (χ1n) is 10.4. The average molecular weight is 480 g/mol. The molecule has 178 valence electrons. The molecule has 33 heavy (non-hydrogen) atoms. The molecule has 1 aliphatic heterocycles. The molecular formula is C22H26FN3O6S. The highest BCUT2D eigenvalue weighted by Crippen LogP contribution is 2.27. The number of carbonyl (C=O) groups excluding carboxylic acids is 2. The molecule has 1 saturated heterocycles. The van der Waals surface area contributed by atoms with Gasteiger partial charge in [-0.3, -0.25) is 9.10 Å². The summed E-state index contributed by atoms with van der Waals surface area (Å²) in [6.45, 7) is 2.31. The van der Waals surface area contributed by atoms with E-state index in [4.69, 9.17) is 9.47 Å². The summed E-state index contributed by atoms with van der Waals surface area (Å²) in [6, 6.07) is 11.0. The van der Waals surface area contributed by atoms with Gasteiger partial charge in [-0.2, -0.15) is 0 Å². The van der Waals surface area contributed by atoms with Gasteiger partial charge in [-0.1, -0.05) is 12.1 Å². The van der Waals surface area contributed by atoms with Crippen LogP contribution < -0.4 is 9.04 Å². The molecule has 1 aliphatic rings. The Morgan fingerprint density at radius 2 is 1.61 bits per heavy atom. The van der Waals surface area contributed by atoms with E-state index in [0.29, 0.717) is 5.75 Å². The number of halogens is 1. The smallest absolute Gasteiger partial charge is 0.409 e. The maximum Gasteiger partial charge on any atom is 0.409 e. The minimum absolute atomic E-state index is 0.105. The maximum atomic E-state index is 14.6. The molecule has 0 atom stereocenters. The number of amides is 2. The van der Waals surface area contributed by atoms with E-state index in [1.165, 1.54) is 59.4 Å². The molecule has 0 spiro atoms. The fourth-order valence-electron chi connectivity index (χ4n) is 3.40. The van der Waals surface area contributed by atoms with Crippen molar-refractivity contribution in [2.45, 2.75) is 11.8 Å². The van der Waals surface area contributed by atoms with Crippen molar-refractivity contribution in [1.29, 1.82) is 0 Å². The minimum atomic E-state index is -4.26. The van der Waals surface area contributed by atoms with E-state index in [1.807, 2.05) is 0 Å². The summed E-state index contributed by atoms with van der Waals surface area (Å²) in [5.74, 6) is -0.810. The van der Waals surface area contributed by atoms with Crippen molar-refractivity contribution in [2.75, 3.05) is 50.7 Å². The first-order valence-corrected chi connectivity index (χ1v) is 11.8. The van der Waals surface area contributed by atoms with Gasteiger partial charge >= 0.3 is 6.09 Å². The van der Waals surface area contributed by atoms with Gasteiger partial charge in [0.15, 0.2) is 0 Å². The monoisotopic (exact) mass is 479 g/mol. The Labute approximate surface area is 192 Å². The zero-order valence-electron chi connectivity index (χ0n) is 18.4. The molecule has 2 aromatic rings. The Hall–Kier alpha value is -3.34. The van der Waals surface area contributed by atoms with Gasteiger partial charge < -0.3 is 19.3 Å². The highest BCUT2D eigenvalue weighted by atomic mass is 32.2. The van der Waals surface area contributed by atoms with Crippen LogP contribution in [0.25, 0.3) is 0 Å². The summed E-state index contributed by atoms with van der Waals surface area (Å²) in [5, 5.41) is 0. The predicted octanol–water partition coefficient (Wildman–Crippen LogP) is 2.33. The van der Waals surface area contributed by atoms with E-state index in [0.717, 1.165) is 10.4 Å². The number of para-hydroxylation sites is 1. The zero-order chi connectivity index (χ0) is 24.0. The highest BCUT2D eigenvalue weighted by Gasteiger charge is 2.32. The summed E-state index contributed by atoms with van der Waals surface area (Å²) in [7, 11) is -2.81. The van der Waals surface area contributed by atoms with Crippen LogP contribution in [0.3, 0.4) is 0 Å². The molecule has 0 bridgehead atoms. The molecular weight excluding hydrogens is 453 g/mol. The molecule has 3 rings (SSSR count). The van der Waals surface area contributed by atoms with Gasteiger partial charge in [0, 0.05) is 26.2 Å². The lowest BCUT2D eigenvalue weighted by atomic mass is 10.3. The van der Waals surface area contributed by atoms with Crippen LogP contribution in [0, 0.1) is 5.82 Å². The van der Waals surface area contributed by atoms with Gasteiger partial charge in [0.1, 0.15) is 18.1 Å². The third kappa shape index (κ3) is 5.54. The molecule has 0 aliphatic carbocycles. The molecule has 1 heterocycles. The lowest BCUT2D eigenvalue weighted by Gasteiger charge is -2.35. The topological polar surface area (TPSA) is 96.5 Å². The molecule has 0 aromatic heterocycles. The number of hydrogen-bond donors (Lipinski definition) is 0. The number of hydrogen-bond acceptors (Lipinski definition) is 6. The number of anilines is 1. The number of sulfonamides is 1. The fourth-order valence-corrected chi connectivity index (χ4v) is 4.83. The number of methoxy groups -OCH3 is 1. The third-order valence-electron chi connectivity index (χ3n) is 5.21. The van der Waals surface area contributed by atoms with Crippen LogP contribution in [0.4, 0.5) is 14.9 Å². The van der Waals surface area contributed by atoms with Crippen LogP contribution in [0.15, 0.2) is 53.4 Å². The van der Waals surface area contributed by atoms with Crippen LogP contribution >= 0.6 is 0 Å². The van der Waals surface area contributed by atoms with Crippen LogP contribution in [-0.4, -0.2) is 76.7 Å². The van der Waals surface area contributed by atoms with Gasteiger partial charge in [0.05, 0.1) is 24.3 Å². The highest BCUT2D eigenvalue weighted by molar-refractivity contribution is 7.92. The number of nitrogens with zero attached hydrogens (tertiary/aromatic N) is 3. The molecule has 0 N–H and O–H groups in total. The number of piperazine rings is 1. The largest absolute Gasteiger partial charge is 0.497 e. The minimum Gasteiger partial charge on any atom is -0.497 e. The number of benzene rings is 2.